The fraction of sp³-hybridized carbons (Fsp3) is 0.600. The lowest BCUT2D eigenvalue weighted by Gasteiger charge is -2.30. The van der Waals surface area contributed by atoms with Gasteiger partial charge in [-0.3, -0.25) is 9.69 Å². The normalized spacial score (nSPS) is 23.9. The van der Waals surface area contributed by atoms with Crippen LogP contribution in [0, 0.1) is 5.92 Å². The Hall–Kier alpha value is -1.30. The molecule has 2 aliphatic rings. The van der Waals surface area contributed by atoms with Crippen molar-refractivity contribution in [2.24, 2.45) is 5.92 Å². The van der Waals surface area contributed by atoms with Gasteiger partial charge >= 0.3 is 6.09 Å². The van der Waals surface area contributed by atoms with Gasteiger partial charge in [0.05, 0.1) is 10.5 Å². The molecule has 1 aromatic rings. The van der Waals surface area contributed by atoms with E-state index in [2.05, 4.69) is 15.9 Å². The van der Waals surface area contributed by atoms with Crippen LogP contribution in [0.25, 0.3) is 0 Å². The summed E-state index contributed by atoms with van der Waals surface area (Å²) in [7, 11) is 0. The molecule has 1 aromatic heterocycles. The number of fused-ring (bicyclic) bond motifs is 4. The van der Waals surface area contributed by atoms with Crippen molar-refractivity contribution in [1.82, 2.24) is 9.47 Å². The first-order chi connectivity index (χ1) is 9.76. The summed E-state index contributed by atoms with van der Waals surface area (Å²) in [6.45, 7) is 6.91. The first-order valence-corrected chi connectivity index (χ1v) is 7.94. The number of likely N-dealkylation sites (tertiary alicyclic amines) is 1. The zero-order valence-corrected chi connectivity index (χ0v) is 14.0. The van der Waals surface area contributed by atoms with Crippen molar-refractivity contribution >= 4 is 22.0 Å². The van der Waals surface area contributed by atoms with E-state index in [1.165, 1.54) is 0 Å². The number of hydrogen-bond donors (Lipinski definition) is 0. The molecule has 1 amide bonds. The van der Waals surface area contributed by atoms with Crippen LogP contribution in [-0.4, -0.2) is 27.7 Å². The van der Waals surface area contributed by atoms with Crippen molar-refractivity contribution in [3.63, 3.8) is 0 Å². The lowest BCUT2D eigenvalue weighted by molar-refractivity contribution is 0.0220. The summed E-state index contributed by atoms with van der Waals surface area (Å²) in [6.07, 6.45) is 0.610. The smallest absolute Gasteiger partial charge is 0.410 e. The van der Waals surface area contributed by atoms with Crippen LogP contribution in [0.5, 0.6) is 0 Å². The Balaban J connectivity index is 1.94. The topological polar surface area (TPSA) is 51.5 Å². The van der Waals surface area contributed by atoms with Crippen LogP contribution in [0.3, 0.4) is 0 Å². The highest BCUT2D eigenvalue weighted by Crippen LogP contribution is 2.40. The van der Waals surface area contributed by atoms with Crippen molar-refractivity contribution < 1.29 is 9.53 Å². The summed E-state index contributed by atoms with van der Waals surface area (Å²) in [4.78, 5) is 26.4. The standard InChI is InChI=1S/C15H19BrN2O3/c1-15(2,3)21-14(20)18-8-9-6-12(18)11-5-4-10(16)13(19)17(11)7-9/h4-5,9,12H,6-8H2,1-3H3/t9-,12+/m1/s1. The Kier molecular flexibility index (Phi) is 3.39. The molecule has 0 radical (unpaired) electrons. The van der Waals surface area contributed by atoms with Gasteiger partial charge in [-0.1, -0.05) is 0 Å². The number of nitrogens with zero attached hydrogens (tertiary/aromatic N) is 2. The summed E-state index contributed by atoms with van der Waals surface area (Å²) in [5.41, 5.74) is 0.378. The summed E-state index contributed by atoms with van der Waals surface area (Å²) >= 11 is 3.28. The van der Waals surface area contributed by atoms with Gasteiger partial charge < -0.3 is 9.30 Å². The van der Waals surface area contributed by atoms with E-state index in [0.29, 0.717) is 23.5 Å². The van der Waals surface area contributed by atoms with Crippen LogP contribution >= 0.6 is 15.9 Å². The maximum atomic E-state index is 12.4. The molecule has 5 nitrogen and oxygen atoms in total. The molecule has 2 atom stereocenters. The van der Waals surface area contributed by atoms with Gasteiger partial charge in [0, 0.05) is 18.8 Å². The number of hydrogen-bond acceptors (Lipinski definition) is 3. The number of carbonyl (C=O) groups is 1. The molecule has 0 aromatic carbocycles. The maximum absolute atomic E-state index is 12.4. The summed E-state index contributed by atoms with van der Waals surface area (Å²) in [5.74, 6) is 0.321. The van der Waals surface area contributed by atoms with Crippen molar-refractivity contribution in [2.75, 3.05) is 6.54 Å². The van der Waals surface area contributed by atoms with E-state index in [9.17, 15) is 9.59 Å². The molecule has 0 saturated carbocycles. The van der Waals surface area contributed by atoms with Crippen molar-refractivity contribution in [3.8, 4) is 0 Å². The van der Waals surface area contributed by atoms with E-state index in [1.807, 2.05) is 26.8 Å². The number of amides is 1. The molecule has 3 rings (SSSR count). The molecule has 2 bridgehead atoms. The Morgan fingerprint density at radius 3 is 2.71 bits per heavy atom. The van der Waals surface area contributed by atoms with Crippen LogP contribution in [0.4, 0.5) is 4.79 Å². The van der Waals surface area contributed by atoms with Crippen LogP contribution in [0.1, 0.15) is 38.9 Å². The maximum Gasteiger partial charge on any atom is 0.410 e. The molecule has 3 heterocycles. The molecule has 2 aliphatic heterocycles. The van der Waals surface area contributed by atoms with Gasteiger partial charge in [0.1, 0.15) is 5.60 Å². The highest BCUT2D eigenvalue weighted by Gasteiger charge is 2.43. The largest absolute Gasteiger partial charge is 0.444 e. The van der Waals surface area contributed by atoms with Gasteiger partial charge in [0.2, 0.25) is 0 Å². The average molecular weight is 355 g/mol. The van der Waals surface area contributed by atoms with Gasteiger partial charge in [0.25, 0.3) is 5.56 Å². The molecule has 1 saturated heterocycles. The van der Waals surface area contributed by atoms with Crippen LogP contribution < -0.4 is 5.56 Å². The first kappa shape index (κ1) is 14.6. The average Bonchev–Trinajstić information content (AvgIpc) is 2.71. The third-order valence-corrected chi connectivity index (χ3v) is 4.56. The Morgan fingerprint density at radius 1 is 1.33 bits per heavy atom. The number of rotatable bonds is 0. The van der Waals surface area contributed by atoms with Gasteiger partial charge in [0.15, 0.2) is 0 Å². The molecule has 21 heavy (non-hydrogen) atoms. The summed E-state index contributed by atoms with van der Waals surface area (Å²) in [5, 5.41) is 0. The first-order valence-electron chi connectivity index (χ1n) is 7.15. The van der Waals surface area contributed by atoms with Gasteiger partial charge in [-0.25, -0.2) is 4.79 Å². The predicted octanol–water partition coefficient (Wildman–Crippen LogP) is 2.92. The molecule has 0 N–H and O–H groups in total. The highest BCUT2D eigenvalue weighted by molar-refractivity contribution is 9.10. The lowest BCUT2D eigenvalue weighted by atomic mass is 9.98. The second-order valence-corrected chi connectivity index (χ2v) is 7.63. The third kappa shape index (κ3) is 2.61. The van der Waals surface area contributed by atoms with Crippen LogP contribution in [-0.2, 0) is 11.3 Å². The molecule has 6 heteroatoms. The van der Waals surface area contributed by atoms with Crippen molar-refractivity contribution in [2.45, 2.75) is 45.4 Å². The molecule has 0 spiro atoms. The quantitative estimate of drug-likeness (QED) is 0.719. The second kappa shape index (κ2) is 4.87. The number of ether oxygens (including phenoxy) is 1. The van der Waals surface area contributed by atoms with Crippen molar-refractivity contribution in [3.05, 3.63) is 32.7 Å². The molecular formula is C15H19BrN2O3. The Bertz CT molecular complexity index is 647. The molecule has 0 aliphatic carbocycles. The van der Waals surface area contributed by atoms with Crippen LogP contribution in [0.15, 0.2) is 21.4 Å². The summed E-state index contributed by atoms with van der Waals surface area (Å²) in [6, 6.07) is 3.63. The highest BCUT2D eigenvalue weighted by atomic mass is 79.9. The van der Waals surface area contributed by atoms with Crippen molar-refractivity contribution in [1.29, 1.82) is 0 Å². The zero-order valence-electron chi connectivity index (χ0n) is 12.4. The fourth-order valence-electron chi connectivity index (χ4n) is 3.16. The second-order valence-electron chi connectivity index (χ2n) is 6.77. The van der Waals surface area contributed by atoms with Gasteiger partial charge in [-0.05, 0) is 61.2 Å². The number of aromatic nitrogens is 1. The molecule has 0 unspecified atom stereocenters. The van der Waals surface area contributed by atoms with Crippen LogP contribution in [0.2, 0.25) is 0 Å². The number of pyridine rings is 1. The van der Waals surface area contributed by atoms with Gasteiger partial charge in [-0.2, -0.15) is 0 Å². The van der Waals surface area contributed by atoms with E-state index < -0.39 is 5.60 Å². The number of halogens is 1. The molecule has 1 fully saturated rings. The molecule has 114 valence electrons. The SMILES string of the molecule is CC(C)(C)OC(=O)N1C[C@@H]2C[C@H]1c1ccc(Br)c(=O)n1C2. The third-order valence-electron chi connectivity index (χ3n) is 3.96. The van der Waals surface area contributed by atoms with E-state index in [-0.39, 0.29) is 17.7 Å². The Labute approximate surface area is 132 Å². The van der Waals surface area contributed by atoms with E-state index in [4.69, 9.17) is 4.74 Å². The van der Waals surface area contributed by atoms with E-state index in [0.717, 1.165) is 12.1 Å². The summed E-state index contributed by atoms with van der Waals surface area (Å²) < 4.78 is 7.84. The Morgan fingerprint density at radius 2 is 2.05 bits per heavy atom. The minimum atomic E-state index is -0.507. The predicted molar refractivity (Wildman–Crippen MR) is 82.2 cm³/mol. The zero-order chi connectivity index (χ0) is 15.4. The fourth-order valence-corrected chi connectivity index (χ4v) is 3.51. The minimum absolute atomic E-state index is 0.0201. The lowest BCUT2D eigenvalue weighted by Crippen LogP contribution is -2.37. The monoisotopic (exact) mass is 354 g/mol. The van der Waals surface area contributed by atoms with E-state index in [1.54, 1.807) is 15.5 Å². The van der Waals surface area contributed by atoms with E-state index >= 15 is 0 Å². The van der Waals surface area contributed by atoms with Gasteiger partial charge in [-0.15, -0.1) is 0 Å². The minimum Gasteiger partial charge on any atom is -0.444 e. The molecular weight excluding hydrogens is 336 g/mol. The number of carbonyl (C=O) groups excluding carboxylic acids is 1.